The summed E-state index contributed by atoms with van der Waals surface area (Å²) in [7, 11) is 0. The van der Waals surface area contributed by atoms with Crippen LogP contribution in [0.25, 0.3) is 0 Å². The first-order valence-electron chi connectivity index (χ1n) is 10.1. The standard InChI is InChI=1S/C24H19N3O4S/c28-20(15-6-2-1-3-7-15)16-8-4-10-18(12-16)26-22(29)21-19-14-32-23(27(19)24(30)31-21)17-9-5-11-25-13-17/h1-13,19,21,23H,14H2,(H,26,29)/t19-,21+,23-/m0/s1. The van der Waals surface area contributed by atoms with Crippen LogP contribution in [0.1, 0.15) is 26.9 Å². The lowest BCUT2D eigenvalue weighted by atomic mass is 10.0. The van der Waals surface area contributed by atoms with Crippen molar-refractivity contribution in [3.63, 3.8) is 0 Å². The Bertz CT molecular complexity index is 1170. The van der Waals surface area contributed by atoms with Gasteiger partial charge in [-0.05, 0) is 18.2 Å². The number of nitrogens with one attached hydrogen (secondary N) is 1. The van der Waals surface area contributed by atoms with Crippen LogP contribution in [0, 0.1) is 0 Å². The lowest BCUT2D eigenvalue weighted by Gasteiger charge is -2.20. The van der Waals surface area contributed by atoms with E-state index in [1.807, 2.05) is 18.2 Å². The van der Waals surface area contributed by atoms with E-state index in [1.54, 1.807) is 77.6 Å². The number of aromatic nitrogens is 1. The summed E-state index contributed by atoms with van der Waals surface area (Å²) in [6.07, 6.45) is 1.96. The summed E-state index contributed by atoms with van der Waals surface area (Å²) in [5.74, 6) is 0.0323. The van der Waals surface area contributed by atoms with Crippen LogP contribution in [0.15, 0.2) is 79.1 Å². The second-order valence-electron chi connectivity index (χ2n) is 7.52. The molecular formula is C24H19N3O4S. The highest BCUT2D eigenvalue weighted by atomic mass is 32.2. The van der Waals surface area contributed by atoms with Crippen molar-refractivity contribution in [3.05, 3.63) is 95.8 Å². The summed E-state index contributed by atoms with van der Waals surface area (Å²) in [4.78, 5) is 44.0. The van der Waals surface area contributed by atoms with Crippen molar-refractivity contribution in [1.82, 2.24) is 9.88 Å². The van der Waals surface area contributed by atoms with E-state index in [0.717, 1.165) is 5.56 Å². The average Bonchev–Trinajstić information content (AvgIpc) is 3.41. The van der Waals surface area contributed by atoms with Crippen molar-refractivity contribution in [2.45, 2.75) is 17.5 Å². The highest BCUT2D eigenvalue weighted by Gasteiger charge is 2.53. The molecule has 0 aliphatic carbocycles. The van der Waals surface area contributed by atoms with Crippen LogP contribution in [0.3, 0.4) is 0 Å². The van der Waals surface area contributed by atoms with Gasteiger partial charge in [0.15, 0.2) is 5.78 Å². The van der Waals surface area contributed by atoms with Crippen LogP contribution in [-0.2, 0) is 9.53 Å². The Morgan fingerprint density at radius 2 is 1.84 bits per heavy atom. The summed E-state index contributed by atoms with van der Waals surface area (Å²) < 4.78 is 5.44. The molecule has 32 heavy (non-hydrogen) atoms. The number of anilines is 1. The molecule has 7 nitrogen and oxygen atoms in total. The van der Waals surface area contributed by atoms with Gasteiger partial charge in [0.25, 0.3) is 5.91 Å². The summed E-state index contributed by atoms with van der Waals surface area (Å²) in [5.41, 5.74) is 2.40. The van der Waals surface area contributed by atoms with Crippen molar-refractivity contribution in [1.29, 1.82) is 0 Å². The summed E-state index contributed by atoms with van der Waals surface area (Å²) in [5, 5.41) is 2.57. The van der Waals surface area contributed by atoms with Gasteiger partial charge in [-0.1, -0.05) is 48.5 Å². The van der Waals surface area contributed by atoms with Gasteiger partial charge in [0.1, 0.15) is 5.37 Å². The SMILES string of the molecule is O=C(c1ccccc1)c1cccc(NC(=O)[C@@H]2OC(=O)N3[C@H](c4cccnc4)SC[C@@H]23)c1. The molecule has 1 aromatic heterocycles. The van der Waals surface area contributed by atoms with E-state index in [0.29, 0.717) is 22.6 Å². The molecule has 3 heterocycles. The number of pyridine rings is 1. The molecule has 0 radical (unpaired) electrons. The van der Waals surface area contributed by atoms with Crippen molar-refractivity contribution >= 4 is 35.2 Å². The van der Waals surface area contributed by atoms with E-state index in [4.69, 9.17) is 4.74 Å². The Morgan fingerprint density at radius 1 is 1.03 bits per heavy atom. The number of ether oxygens (including phenoxy) is 1. The third-order valence-corrected chi connectivity index (χ3v) is 6.83. The first kappa shape index (κ1) is 20.3. The molecule has 3 atom stereocenters. The van der Waals surface area contributed by atoms with Crippen molar-refractivity contribution < 1.29 is 19.1 Å². The minimum Gasteiger partial charge on any atom is -0.434 e. The predicted molar refractivity (Wildman–Crippen MR) is 120 cm³/mol. The van der Waals surface area contributed by atoms with Crippen LogP contribution in [0.4, 0.5) is 10.5 Å². The van der Waals surface area contributed by atoms with Crippen LogP contribution < -0.4 is 5.32 Å². The van der Waals surface area contributed by atoms with Crippen LogP contribution >= 0.6 is 11.8 Å². The molecule has 2 aliphatic heterocycles. The maximum Gasteiger partial charge on any atom is 0.412 e. The van der Waals surface area contributed by atoms with Gasteiger partial charge in [-0.25, -0.2) is 4.79 Å². The fourth-order valence-electron chi connectivity index (χ4n) is 3.95. The zero-order valence-electron chi connectivity index (χ0n) is 16.9. The number of rotatable bonds is 5. The number of amides is 2. The largest absolute Gasteiger partial charge is 0.434 e. The second-order valence-corrected chi connectivity index (χ2v) is 8.63. The third-order valence-electron chi connectivity index (χ3n) is 5.48. The predicted octanol–water partition coefficient (Wildman–Crippen LogP) is 3.89. The first-order chi connectivity index (χ1) is 15.6. The molecule has 8 heteroatoms. The number of nitrogens with zero attached hydrogens (tertiary/aromatic N) is 2. The maximum atomic E-state index is 13.0. The number of carbonyl (C=O) groups is 3. The molecule has 2 amide bonds. The Balaban J connectivity index is 1.31. The Labute approximate surface area is 188 Å². The Morgan fingerprint density at radius 3 is 2.62 bits per heavy atom. The van der Waals surface area contributed by atoms with Gasteiger partial charge < -0.3 is 10.1 Å². The molecule has 2 saturated heterocycles. The van der Waals surface area contributed by atoms with E-state index in [-0.39, 0.29) is 17.2 Å². The van der Waals surface area contributed by atoms with E-state index in [9.17, 15) is 14.4 Å². The van der Waals surface area contributed by atoms with Gasteiger partial charge in [0.05, 0.1) is 6.04 Å². The van der Waals surface area contributed by atoms with Crippen molar-refractivity contribution in [2.75, 3.05) is 11.1 Å². The number of hydrogen-bond acceptors (Lipinski definition) is 6. The zero-order valence-corrected chi connectivity index (χ0v) is 17.7. The number of benzene rings is 2. The van der Waals surface area contributed by atoms with Crippen molar-refractivity contribution in [3.8, 4) is 0 Å². The van der Waals surface area contributed by atoms with Gasteiger partial charge in [-0.3, -0.25) is 19.5 Å². The third kappa shape index (κ3) is 3.73. The fraction of sp³-hybridized carbons (Fsp3) is 0.167. The Hall–Kier alpha value is -3.65. The van der Waals surface area contributed by atoms with Gasteiger partial charge in [0.2, 0.25) is 6.10 Å². The lowest BCUT2D eigenvalue weighted by molar-refractivity contribution is -0.123. The van der Waals surface area contributed by atoms with Crippen molar-refractivity contribution in [2.24, 2.45) is 0 Å². The highest BCUT2D eigenvalue weighted by Crippen LogP contribution is 2.45. The van der Waals surface area contributed by atoms with Gasteiger partial charge in [-0.15, -0.1) is 11.8 Å². The number of carbonyl (C=O) groups excluding carboxylic acids is 3. The first-order valence-corrected chi connectivity index (χ1v) is 11.2. The molecule has 5 rings (SSSR count). The smallest absolute Gasteiger partial charge is 0.412 e. The highest BCUT2D eigenvalue weighted by molar-refractivity contribution is 7.99. The normalized spacial score (nSPS) is 21.7. The molecular weight excluding hydrogens is 426 g/mol. The molecule has 2 fully saturated rings. The van der Waals surface area contributed by atoms with Gasteiger partial charge in [0, 0.05) is 40.5 Å². The topological polar surface area (TPSA) is 88.6 Å². The molecule has 3 aromatic rings. The van der Waals surface area contributed by atoms with Crippen LogP contribution in [0.2, 0.25) is 0 Å². The quantitative estimate of drug-likeness (QED) is 0.600. The number of ketones is 1. The van der Waals surface area contributed by atoms with Crippen LogP contribution in [-0.4, -0.2) is 45.6 Å². The number of hydrogen-bond donors (Lipinski definition) is 1. The average molecular weight is 446 g/mol. The lowest BCUT2D eigenvalue weighted by Crippen LogP contribution is -2.40. The molecule has 0 bridgehead atoms. The van der Waals surface area contributed by atoms with E-state index in [1.165, 1.54) is 0 Å². The summed E-state index contributed by atoms with van der Waals surface area (Å²) in [6.45, 7) is 0. The molecule has 1 N–H and O–H groups in total. The molecule has 160 valence electrons. The molecule has 0 unspecified atom stereocenters. The second kappa shape index (κ2) is 8.47. The summed E-state index contributed by atoms with van der Waals surface area (Å²) >= 11 is 1.58. The number of fused-ring (bicyclic) bond motifs is 1. The summed E-state index contributed by atoms with van der Waals surface area (Å²) in [6, 6.07) is 19.0. The van der Waals surface area contributed by atoms with E-state index >= 15 is 0 Å². The molecule has 2 aliphatic rings. The fourth-order valence-corrected chi connectivity index (χ4v) is 5.40. The molecule has 0 saturated carbocycles. The minimum absolute atomic E-state index is 0.133. The van der Waals surface area contributed by atoms with E-state index in [2.05, 4.69) is 10.3 Å². The minimum atomic E-state index is -0.926. The maximum absolute atomic E-state index is 13.0. The van der Waals surface area contributed by atoms with Crippen LogP contribution in [0.5, 0.6) is 0 Å². The Kier molecular flexibility index (Phi) is 5.36. The molecule has 2 aromatic carbocycles. The monoisotopic (exact) mass is 445 g/mol. The van der Waals surface area contributed by atoms with Gasteiger partial charge in [-0.2, -0.15) is 0 Å². The number of thioether (sulfide) groups is 1. The number of cyclic esters (lactones) is 1. The zero-order chi connectivity index (χ0) is 22.1. The van der Waals surface area contributed by atoms with Gasteiger partial charge >= 0.3 is 6.09 Å². The van der Waals surface area contributed by atoms with E-state index < -0.39 is 18.1 Å². The molecule has 0 spiro atoms.